The van der Waals surface area contributed by atoms with Crippen molar-refractivity contribution in [3.63, 3.8) is 0 Å². The molecular weight excluding hydrogens is 412 g/mol. The molecule has 0 bridgehead atoms. The van der Waals surface area contributed by atoms with Crippen molar-refractivity contribution in [2.24, 2.45) is 4.99 Å². The molecule has 0 saturated heterocycles. The predicted octanol–water partition coefficient (Wildman–Crippen LogP) is 6.37. The van der Waals surface area contributed by atoms with E-state index in [2.05, 4.69) is 52.5 Å². The summed E-state index contributed by atoms with van der Waals surface area (Å²) in [5.41, 5.74) is 4.08. The quantitative estimate of drug-likeness (QED) is 0.296. The number of benzene rings is 4. The molecule has 0 atom stereocenters. The van der Waals surface area contributed by atoms with Gasteiger partial charge in [0.15, 0.2) is 4.80 Å². The van der Waals surface area contributed by atoms with Crippen LogP contribution in [0.5, 0.6) is 0 Å². The number of hydrogen-bond acceptors (Lipinski definition) is 2. The van der Waals surface area contributed by atoms with Gasteiger partial charge >= 0.3 is 0 Å². The molecule has 0 aliphatic heterocycles. The summed E-state index contributed by atoms with van der Waals surface area (Å²) in [6.45, 7) is 4.48. The third-order valence-electron chi connectivity index (χ3n) is 5.53. The van der Waals surface area contributed by atoms with E-state index in [-0.39, 0.29) is 5.91 Å². The lowest BCUT2D eigenvalue weighted by molar-refractivity contribution is 0.0998. The van der Waals surface area contributed by atoms with E-state index in [1.54, 1.807) is 11.3 Å². The Morgan fingerprint density at radius 1 is 0.875 bits per heavy atom. The normalized spacial score (nSPS) is 11.8. The van der Waals surface area contributed by atoms with Gasteiger partial charge in [-0.2, -0.15) is 4.99 Å². The summed E-state index contributed by atoms with van der Waals surface area (Å²) in [6, 6.07) is 30.6. The zero-order chi connectivity index (χ0) is 21.9. The lowest BCUT2D eigenvalue weighted by Gasteiger charge is -2.04. The molecule has 0 radical (unpaired) electrons. The van der Waals surface area contributed by atoms with Gasteiger partial charge in [-0.1, -0.05) is 90.2 Å². The standard InChI is InChI=1S/C28H22N2OS/c1-2-18-30-25-17-16-22-10-6-7-11-24(22)26(25)32-28(30)29-27(31)23-14-12-21(13-15-23)19-20-8-4-3-5-9-20/h2-17H,1,18-19H2. The molecular formula is C28H22N2OS. The Labute approximate surface area is 190 Å². The lowest BCUT2D eigenvalue weighted by Crippen LogP contribution is -2.16. The molecule has 0 N–H and O–H groups in total. The highest BCUT2D eigenvalue weighted by atomic mass is 32.1. The molecule has 4 heteroatoms. The number of amides is 1. The Bertz CT molecular complexity index is 1490. The first-order valence-electron chi connectivity index (χ1n) is 10.6. The smallest absolute Gasteiger partial charge is 0.279 e. The molecule has 4 aromatic carbocycles. The van der Waals surface area contributed by atoms with Crippen molar-refractivity contribution >= 4 is 38.2 Å². The fourth-order valence-electron chi connectivity index (χ4n) is 3.94. The van der Waals surface area contributed by atoms with Crippen LogP contribution in [0.4, 0.5) is 0 Å². The zero-order valence-corrected chi connectivity index (χ0v) is 18.4. The van der Waals surface area contributed by atoms with Gasteiger partial charge in [0.1, 0.15) is 0 Å². The van der Waals surface area contributed by atoms with Gasteiger partial charge in [-0.15, -0.1) is 6.58 Å². The van der Waals surface area contributed by atoms with E-state index in [4.69, 9.17) is 0 Å². The van der Waals surface area contributed by atoms with E-state index in [1.807, 2.05) is 60.7 Å². The molecule has 0 spiro atoms. The molecule has 5 rings (SSSR count). The maximum Gasteiger partial charge on any atom is 0.279 e. The van der Waals surface area contributed by atoms with Gasteiger partial charge in [-0.25, -0.2) is 0 Å². The minimum Gasteiger partial charge on any atom is -0.312 e. The molecule has 1 aromatic heterocycles. The van der Waals surface area contributed by atoms with Crippen molar-refractivity contribution in [3.8, 4) is 0 Å². The van der Waals surface area contributed by atoms with Crippen LogP contribution in [-0.4, -0.2) is 10.5 Å². The molecule has 0 unspecified atom stereocenters. The minimum atomic E-state index is -0.232. The largest absolute Gasteiger partial charge is 0.312 e. The Hall–Kier alpha value is -3.76. The van der Waals surface area contributed by atoms with E-state index >= 15 is 0 Å². The summed E-state index contributed by atoms with van der Waals surface area (Å²) in [4.78, 5) is 18.2. The average molecular weight is 435 g/mol. The Kier molecular flexibility index (Phi) is 5.53. The van der Waals surface area contributed by atoms with Crippen LogP contribution >= 0.6 is 11.3 Å². The van der Waals surface area contributed by atoms with Crippen molar-refractivity contribution < 1.29 is 4.79 Å². The third-order valence-corrected chi connectivity index (χ3v) is 6.66. The van der Waals surface area contributed by atoms with E-state index < -0.39 is 0 Å². The number of thiazole rings is 1. The summed E-state index contributed by atoms with van der Waals surface area (Å²) < 4.78 is 3.19. The zero-order valence-electron chi connectivity index (χ0n) is 17.6. The maximum absolute atomic E-state index is 13.0. The van der Waals surface area contributed by atoms with Crippen molar-refractivity contribution in [3.05, 3.63) is 125 Å². The van der Waals surface area contributed by atoms with Gasteiger partial charge in [0, 0.05) is 17.5 Å². The maximum atomic E-state index is 13.0. The highest BCUT2D eigenvalue weighted by Gasteiger charge is 2.11. The number of nitrogens with zero attached hydrogens (tertiary/aromatic N) is 2. The summed E-state index contributed by atoms with van der Waals surface area (Å²) >= 11 is 1.55. The Morgan fingerprint density at radius 2 is 1.59 bits per heavy atom. The van der Waals surface area contributed by atoms with Gasteiger partial charge in [0.2, 0.25) is 0 Å². The molecule has 32 heavy (non-hydrogen) atoms. The van der Waals surface area contributed by atoms with Crippen molar-refractivity contribution in [1.82, 2.24) is 4.57 Å². The molecule has 1 amide bonds. The topological polar surface area (TPSA) is 34.4 Å². The summed E-state index contributed by atoms with van der Waals surface area (Å²) in [7, 11) is 0. The van der Waals surface area contributed by atoms with E-state index in [0.29, 0.717) is 16.9 Å². The lowest BCUT2D eigenvalue weighted by atomic mass is 10.0. The number of allylic oxidation sites excluding steroid dienone is 1. The van der Waals surface area contributed by atoms with Crippen molar-refractivity contribution in [2.45, 2.75) is 13.0 Å². The second kappa shape index (κ2) is 8.77. The van der Waals surface area contributed by atoms with Gasteiger partial charge < -0.3 is 4.57 Å². The van der Waals surface area contributed by atoms with Crippen LogP contribution in [0.3, 0.4) is 0 Å². The van der Waals surface area contributed by atoms with Crippen LogP contribution < -0.4 is 4.80 Å². The molecule has 156 valence electrons. The second-order valence-electron chi connectivity index (χ2n) is 7.70. The number of hydrogen-bond donors (Lipinski definition) is 0. The second-order valence-corrected chi connectivity index (χ2v) is 8.67. The minimum absolute atomic E-state index is 0.232. The first-order chi connectivity index (χ1) is 15.7. The van der Waals surface area contributed by atoms with Gasteiger partial charge in [-0.05, 0) is 41.1 Å². The highest BCUT2D eigenvalue weighted by Crippen LogP contribution is 2.27. The molecule has 1 heterocycles. The van der Waals surface area contributed by atoms with Crippen LogP contribution in [0.15, 0.2) is 109 Å². The first-order valence-corrected chi connectivity index (χ1v) is 11.4. The molecule has 0 fully saturated rings. The first kappa shape index (κ1) is 20.2. The Balaban J connectivity index is 1.51. The van der Waals surface area contributed by atoms with Crippen molar-refractivity contribution in [2.75, 3.05) is 0 Å². The van der Waals surface area contributed by atoms with Crippen LogP contribution in [0, 0.1) is 0 Å². The number of rotatable bonds is 5. The van der Waals surface area contributed by atoms with Gasteiger partial charge in [-0.3, -0.25) is 4.79 Å². The van der Waals surface area contributed by atoms with Crippen LogP contribution in [0.2, 0.25) is 0 Å². The number of aromatic nitrogens is 1. The molecule has 0 saturated carbocycles. The molecule has 0 aliphatic rings. The van der Waals surface area contributed by atoms with Crippen LogP contribution in [-0.2, 0) is 13.0 Å². The van der Waals surface area contributed by atoms with E-state index in [1.165, 1.54) is 21.9 Å². The molecule has 5 aromatic rings. The average Bonchev–Trinajstić information content (AvgIpc) is 3.18. The fraction of sp³-hybridized carbons (Fsp3) is 0.0714. The number of carbonyl (C=O) groups excluding carboxylic acids is 1. The van der Waals surface area contributed by atoms with Crippen molar-refractivity contribution in [1.29, 1.82) is 0 Å². The predicted molar refractivity (Wildman–Crippen MR) is 133 cm³/mol. The third kappa shape index (κ3) is 3.93. The SMILES string of the molecule is C=CCn1c(=NC(=O)c2ccc(Cc3ccccc3)cc2)sc2c3ccccc3ccc21. The molecule has 3 nitrogen and oxygen atoms in total. The van der Waals surface area contributed by atoms with Crippen LogP contribution in [0.25, 0.3) is 21.0 Å². The summed E-state index contributed by atoms with van der Waals surface area (Å²) in [5, 5.41) is 2.35. The van der Waals surface area contributed by atoms with Crippen LogP contribution in [0.1, 0.15) is 21.5 Å². The number of fused-ring (bicyclic) bond motifs is 3. The summed E-state index contributed by atoms with van der Waals surface area (Å²) in [5.74, 6) is -0.232. The fourth-order valence-corrected chi connectivity index (χ4v) is 5.11. The summed E-state index contributed by atoms with van der Waals surface area (Å²) in [6.07, 6.45) is 2.68. The van der Waals surface area contributed by atoms with E-state index in [9.17, 15) is 4.79 Å². The Morgan fingerprint density at radius 3 is 2.38 bits per heavy atom. The monoisotopic (exact) mass is 434 g/mol. The van der Waals surface area contributed by atoms with Gasteiger partial charge in [0.05, 0.1) is 10.2 Å². The highest BCUT2D eigenvalue weighted by molar-refractivity contribution is 7.17. The van der Waals surface area contributed by atoms with E-state index in [0.717, 1.165) is 16.6 Å². The number of carbonyl (C=O) groups is 1. The molecule has 0 aliphatic carbocycles. The van der Waals surface area contributed by atoms with Gasteiger partial charge in [0.25, 0.3) is 5.91 Å².